The molecule has 1 N–H and O–H groups in total. The molecular formula is C13H21N3O3. The van der Waals surface area contributed by atoms with Gasteiger partial charge < -0.3 is 14.5 Å². The van der Waals surface area contributed by atoms with E-state index in [1.54, 1.807) is 0 Å². The van der Waals surface area contributed by atoms with E-state index in [4.69, 9.17) is 9.63 Å². The first-order valence-electron chi connectivity index (χ1n) is 6.76. The molecule has 0 unspecified atom stereocenters. The standard InChI is InChI=1S/C13H21N3O3/c1-13(2,9-11(17)18)8-10-14-12(15-19-10)16-6-4-3-5-7-16/h3-9H2,1-2H3,(H,17,18). The molecular weight excluding hydrogens is 246 g/mol. The van der Waals surface area contributed by atoms with Crippen LogP contribution in [0, 0.1) is 5.41 Å². The average molecular weight is 267 g/mol. The molecule has 6 heteroatoms. The topological polar surface area (TPSA) is 79.5 Å². The predicted molar refractivity (Wildman–Crippen MR) is 70.1 cm³/mol. The molecule has 1 saturated heterocycles. The van der Waals surface area contributed by atoms with Crippen molar-refractivity contribution in [3.63, 3.8) is 0 Å². The quantitative estimate of drug-likeness (QED) is 0.880. The fourth-order valence-electron chi connectivity index (χ4n) is 2.42. The molecule has 19 heavy (non-hydrogen) atoms. The van der Waals surface area contributed by atoms with Gasteiger partial charge in [0, 0.05) is 19.5 Å². The first-order valence-corrected chi connectivity index (χ1v) is 6.76. The normalized spacial score (nSPS) is 16.6. The van der Waals surface area contributed by atoms with Gasteiger partial charge in [0.2, 0.25) is 5.89 Å². The molecule has 1 aliphatic rings. The van der Waals surface area contributed by atoms with E-state index >= 15 is 0 Å². The highest BCUT2D eigenvalue weighted by atomic mass is 16.5. The molecule has 0 spiro atoms. The lowest BCUT2D eigenvalue weighted by molar-refractivity contribution is -0.139. The summed E-state index contributed by atoms with van der Waals surface area (Å²) >= 11 is 0. The summed E-state index contributed by atoms with van der Waals surface area (Å²) in [6.45, 7) is 5.73. The monoisotopic (exact) mass is 267 g/mol. The number of carbonyl (C=O) groups is 1. The minimum atomic E-state index is -0.805. The predicted octanol–water partition coefficient (Wildman–Crippen LogP) is 2.10. The van der Waals surface area contributed by atoms with Crippen molar-refractivity contribution in [3.8, 4) is 0 Å². The number of carboxylic acid groups (broad SMARTS) is 1. The number of carboxylic acids is 1. The first-order chi connectivity index (χ1) is 8.96. The second-order valence-corrected chi connectivity index (χ2v) is 5.95. The maximum atomic E-state index is 10.8. The largest absolute Gasteiger partial charge is 0.481 e. The van der Waals surface area contributed by atoms with Crippen molar-refractivity contribution in [1.82, 2.24) is 10.1 Å². The van der Waals surface area contributed by atoms with E-state index in [0.717, 1.165) is 25.9 Å². The summed E-state index contributed by atoms with van der Waals surface area (Å²) in [5, 5.41) is 12.9. The van der Waals surface area contributed by atoms with Crippen molar-refractivity contribution >= 4 is 11.9 Å². The summed E-state index contributed by atoms with van der Waals surface area (Å²) < 4.78 is 5.24. The van der Waals surface area contributed by atoms with Crippen LogP contribution in [0.5, 0.6) is 0 Å². The Morgan fingerprint density at radius 3 is 2.68 bits per heavy atom. The van der Waals surface area contributed by atoms with Crippen LogP contribution >= 0.6 is 0 Å². The van der Waals surface area contributed by atoms with E-state index in [9.17, 15) is 4.79 Å². The van der Waals surface area contributed by atoms with Gasteiger partial charge in [0.15, 0.2) is 0 Å². The molecule has 2 heterocycles. The third-order valence-electron chi connectivity index (χ3n) is 3.36. The van der Waals surface area contributed by atoms with Crippen LogP contribution < -0.4 is 4.90 Å². The summed E-state index contributed by atoms with van der Waals surface area (Å²) in [5.74, 6) is 0.355. The number of hydrogen-bond donors (Lipinski definition) is 1. The van der Waals surface area contributed by atoms with Crippen LogP contribution in [0.1, 0.15) is 45.4 Å². The lowest BCUT2D eigenvalue weighted by atomic mass is 9.86. The second kappa shape index (κ2) is 5.59. The molecule has 1 aromatic heterocycles. The smallest absolute Gasteiger partial charge is 0.303 e. The fourth-order valence-corrected chi connectivity index (χ4v) is 2.42. The molecule has 1 aliphatic heterocycles. The van der Waals surface area contributed by atoms with Crippen molar-refractivity contribution in [2.24, 2.45) is 5.41 Å². The van der Waals surface area contributed by atoms with Crippen molar-refractivity contribution < 1.29 is 14.4 Å². The van der Waals surface area contributed by atoms with Crippen LogP contribution in [0.15, 0.2) is 4.52 Å². The maximum Gasteiger partial charge on any atom is 0.303 e. The van der Waals surface area contributed by atoms with Crippen LogP contribution in [-0.2, 0) is 11.2 Å². The zero-order chi connectivity index (χ0) is 13.9. The summed E-state index contributed by atoms with van der Waals surface area (Å²) in [4.78, 5) is 17.3. The Labute approximate surface area is 112 Å². The zero-order valence-corrected chi connectivity index (χ0v) is 11.6. The number of aliphatic carboxylic acids is 1. The lowest BCUT2D eigenvalue weighted by Gasteiger charge is -2.24. The minimum absolute atomic E-state index is 0.0917. The number of aromatic nitrogens is 2. The van der Waals surface area contributed by atoms with E-state index in [0.29, 0.717) is 18.3 Å². The Bertz CT molecular complexity index is 436. The van der Waals surface area contributed by atoms with Gasteiger partial charge in [-0.05, 0) is 29.8 Å². The Hall–Kier alpha value is -1.59. The summed E-state index contributed by atoms with van der Waals surface area (Å²) in [6, 6.07) is 0. The van der Waals surface area contributed by atoms with Crippen LogP contribution in [-0.4, -0.2) is 34.3 Å². The highest BCUT2D eigenvalue weighted by Gasteiger charge is 2.26. The van der Waals surface area contributed by atoms with Gasteiger partial charge in [0.1, 0.15) is 0 Å². The van der Waals surface area contributed by atoms with E-state index in [1.807, 2.05) is 13.8 Å². The number of rotatable bonds is 5. The number of nitrogens with zero attached hydrogens (tertiary/aromatic N) is 3. The van der Waals surface area contributed by atoms with Gasteiger partial charge >= 0.3 is 5.97 Å². The molecule has 0 saturated carbocycles. The number of anilines is 1. The molecule has 1 aromatic rings. The molecule has 0 radical (unpaired) electrons. The molecule has 106 valence electrons. The van der Waals surface area contributed by atoms with Gasteiger partial charge in [-0.2, -0.15) is 4.98 Å². The Kier molecular flexibility index (Phi) is 4.07. The molecule has 0 bridgehead atoms. The number of piperidine rings is 1. The van der Waals surface area contributed by atoms with Gasteiger partial charge in [-0.15, -0.1) is 0 Å². The maximum absolute atomic E-state index is 10.8. The van der Waals surface area contributed by atoms with Gasteiger partial charge in [0.25, 0.3) is 5.95 Å². The van der Waals surface area contributed by atoms with Crippen molar-refractivity contribution in [1.29, 1.82) is 0 Å². The van der Waals surface area contributed by atoms with E-state index < -0.39 is 5.97 Å². The highest BCUT2D eigenvalue weighted by molar-refractivity contribution is 5.67. The van der Waals surface area contributed by atoms with E-state index in [1.165, 1.54) is 6.42 Å². The molecule has 2 rings (SSSR count). The molecule has 6 nitrogen and oxygen atoms in total. The van der Waals surface area contributed by atoms with Crippen LogP contribution in [0.25, 0.3) is 0 Å². The summed E-state index contributed by atoms with van der Waals surface area (Å²) in [7, 11) is 0. The third kappa shape index (κ3) is 3.94. The van der Waals surface area contributed by atoms with Crippen LogP contribution in [0.2, 0.25) is 0 Å². The van der Waals surface area contributed by atoms with Gasteiger partial charge in [-0.1, -0.05) is 13.8 Å². The molecule has 1 fully saturated rings. The Balaban J connectivity index is 1.98. The summed E-state index contributed by atoms with van der Waals surface area (Å²) in [6.07, 6.45) is 4.16. The van der Waals surface area contributed by atoms with E-state index in [-0.39, 0.29) is 11.8 Å². The van der Waals surface area contributed by atoms with Gasteiger partial charge in [-0.3, -0.25) is 4.79 Å². The van der Waals surface area contributed by atoms with Crippen molar-refractivity contribution in [2.45, 2.75) is 46.0 Å². The minimum Gasteiger partial charge on any atom is -0.481 e. The van der Waals surface area contributed by atoms with Crippen LogP contribution in [0.4, 0.5) is 5.95 Å². The SMILES string of the molecule is CC(C)(CC(=O)O)Cc1nc(N2CCCCC2)no1. The van der Waals surface area contributed by atoms with Gasteiger partial charge in [-0.25, -0.2) is 0 Å². The average Bonchev–Trinajstić information content (AvgIpc) is 2.76. The fraction of sp³-hybridized carbons (Fsp3) is 0.769. The highest BCUT2D eigenvalue weighted by Crippen LogP contribution is 2.26. The van der Waals surface area contributed by atoms with Crippen LogP contribution in [0.3, 0.4) is 0 Å². The second-order valence-electron chi connectivity index (χ2n) is 5.95. The van der Waals surface area contributed by atoms with E-state index in [2.05, 4.69) is 15.0 Å². The molecule has 0 aliphatic carbocycles. The number of hydrogen-bond acceptors (Lipinski definition) is 5. The third-order valence-corrected chi connectivity index (χ3v) is 3.36. The van der Waals surface area contributed by atoms with Gasteiger partial charge in [0.05, 0.1) is 6.42 Å². The zero-order valence-electron chi connectivity index (χ0n) is 11.6. The lowest BCUT2D eigenvalue weighted by Crippen LogP contribution is -2.30. The Morgan fingerprint density at radius 2 is 2.05 bits per heavy atom. The Morgan fingerprint density at radius 1 is 1.37 bits per heavy atom. The van der Waals surface area contributed by atoms with Crippen molar-refractivity contribution in [2.75, 3.05) is 18.0 Å². The molecule has 0 atom stereocenters. The molecule has 0 aromatic carbocycles. The molecule has 0 amide bonds. The summed E-state index contributed by atoms with van der Waals surface area (Å²) in [5.41, 5.74) is -0.377. The first kappa shape index (κ1) is 13.8. The van der Waals surface area contributed by atoms with Crippen molar-refractivity contribution in [3.05, 3.63) is 5.89 Å².